The van der Waals surface area contributed by atoms with E-state index in [1.807, 2.05) is 12.2 Å². The number of rotatable bonds is 10. The quantitative estimate of drug-likeness (QED) is 0.128. The van der Waals surface area contributed by atoms with Gasteiger partial charge in [-0.1, -0.05) is 200 Å². The van der Waals surface area contributed by atoms with Crippen molar-refractivity contribution in [2.24, 2.45) is 0 Å². The Hall–Kier alpha value is -11.3. The standard InChI is InChI=1S/C81H54N4O2/c1-5-6-28-52(48(2)3)56-32-17-34-58-60-36-19-44-70(80(60)86-78(56)58)82(50-24-9-7-10-25-50)66-40-21-42-68-74(66)62-38-15-30-54-64-47-73-65(46-72(64)84(68)76(54)62)55-31-16-39-63-75-67(41-22-43-69(75)85(73)77(55)63)83(51-26-11-8-12-27-51)71-45-20-37-61-59-35-18-33-57(79(59)87-81(61)71)53-29-14-13-23-49(53)4/h5-47H,1H2,2-4H3/b28-6-. The number of hydrogen-bond acceptors (Lipinski definition) is 4. The molecule has 6 nitrogen and oxygen atoms in total. The van der Waals surface area contributed by atoms with Crippen molar-refractivity contribution in [3.05, 3.63) is 284 Å². The molecule has 12 aromatic carbocycles. The summed E-state index contributed by atoms with van der Waals surface area (Å²) in [6.45, 7) is 10.4. The zero-order valence-corrected chi connectivity index (χ0v) is 48.1. The van der Waals surface area contributed by atoms with Gasteiger partial charge < -0.3 is 27.4 Å². The number of fused-ring (bicyclic) bond motifs is 18. The molecule has 0 aliphatic heterocycles. The lowest BCUT2D eigenvalue weighted by atomic mass is 9.98. The summed E-state index contributed by atoms with van der Waals surface area (Å²) in [6.07, 6.45) is 5.95. The summed E-state index contributed by atoms with van der Waals surface area (Å²) in [4.78, 5) is 4.81. The van der Waals surface area contributed by atoms with E-state index in [4.69, 9.17) is 8.83 Å². The van der Waals surface area contributed by atoms with Gasteiger partial charge >= 0.3 is 0 Å². The van der Waals surface area contributed by atoms with Crippen molar-refractivity contribution >= 4 is 160 Å². The summed E-state index contributed by atoms with van der Waals surface area (Å²) in [7, 11) is 0. The first kappa shape index (κ1) is 49.1. The van der Waals surface area contributed by atoms with Crippen LogP contribution in [0, 0.1) is 6.92 Å². The number of allylic oxidation sites excluding steroid dienone is 5. The molecule has 18 aromatic rings. The molecule has 0 aliphatic rings. The molecule has 6 aromatic heterocycles. The van der Waals surface area contributed by atoms with Crippen molar-refractivity contribution in [2.75, 3.05) is 9.80 Å². The summed E-state index contributed by atoms with van der Waals surface area (Å²) >= 11 is 0. The average Bonchev–Trinajstić information content (AvgIpc) is 1.54. The first-order chi connectivity index (χ1) is 42.9. The minimum absolute atomic E-state index is 0.834. The Morgan fingerprint density at radius 3 is 1.34 bits per heavy atom. The van der Waals surface area contributed by atoms with E-state index in [0.717, 1.165) is 106 Å². The Bertz CT molecular complexity index is 5950. The summed E-state index contributed by atoms with van der Waals surface area (Å²) in [6, 6.07) is 88.5. The van der Waals surface area contributed by atoms with E-state index in [0.29, 0.717) is 0 Å². The van der Waals surface area contributed by atoms with Crippen molar-refractivity contribution in [2.45, 2.75) is 20.8 Å². The van der Waals surface area contributed by atoms with Gasteiger partial charge in [-0.3, -0.25) is 0 Å². The fourth-order valence-corrected chi connectivity index (χ4v) is 14.8. The van der Waals surface area contributed by atoms with Gasteiger partial charge in [0.2, 0.25) is 0 Å². The second-order valence-corrected chi connectivity index (χ2v) is 23.3. The molecular formula is C81H54N4O2. The van der Waals surface area contributed by atoms with Crippen molar-refractivity contribution in [3.63, 3.8) is 0 Å². The third kappa shape index (κ3) is 6.86. The summed E-state index contributed by atoms with van der Waals surface area (Å²) in [5, 5.41) is 14.0. The highest BCUT2D eigenvalue weighted by Gasteiger charge is 2.30. The van der Waals surface area contributed by atoms with Gasteiger partial charge in [0.05, 0.1) is 55.8 Å². The van der Waals surface area contributed by atoms with Gasteiger partial charge in [-0.05, 0) is 110 Å². The van der Waals surface area contributed by atoms with Crippen LogP contribution in [0.5, 0.6) is 0 Å². The predicted molar refractivity (Wildman–Crippen MR) is 367 cm³/mol. The Morgan fingerprint density at radius 1 is 0.379 bits per heavy atom. The second kappa shape index (κ2) is 18.6. The van der Waals surface area contributed by atoms with Crippen molar-refractivity contribution in [1.29, 1.82) is 0 Å². The lowest BCUT2D eigenvalue weighted by molar-refractivity contribution is 0.668. The van der Waals surface area contributed by atoms with Crippen LogP contribution >= 0.6 is 0 Å². The van der Waals surface area contributed by atoms with E-state index >= 15 is 0 Å². The molecule has 6 heterocycles. The number of hydrogen-bond donors (Lipinski definition) is 0. The fraction of sp³-hybridized carbons (Fsp3) is 0.0370. The molecule has 6 heteroatoms. The molecule has 18 rings (SSSR count). The lowest BCUT2D eigenvalue weighted by Gasteiger charge is -2.26. The van der Waals surface area contributed by atoms with E-state index in [-0.39, 0.29) is 0 Å². The highest BCUT2D eigenvalue weighted by Crippen LogP contribution is 2.53. The van der Waals surface area contributed by atoms with Crippen LogP contribution in [0.2, 0.25) is 0 Å². The zero-order valence-electron chi connectivity index (χ0n) is 48.1. The fourth-order valence-electron chi connectivity index (χ4n) is 14.8. The maximum Gasteiger partial charge on any atom is 0.159 e. The highest BCUT2D eigenvalue weighted by atomic mass is 16.3. The van der Waals surface area contributed by atoms with Crippen molar-refractivity contribution in [1.82, 2.24) is 8.80 Å². The maximum atomic E-state index is 7.20. The van der Waals surface area contributed by atoms with Gasteiger partial charge in [-0.25, -0.2) is 0 Å². The third-order valence-corrected chi connectivity index (χ3v) is 18.4. The summed E-state index contributed by atoms with van der Waals surface area (Å²) in [5.41, 5.74) is 23.6. The molecule has 0 radical (unpaired) electrons. The van der Waals surface area contributed by atoms with Crippen molar-refractivity contribution < 1.29 is 8.83 Å². The molecule has 0 fully saturated rings. The van der Waals surface area contributed by atoms with Crippen molar-refractivity contribution in [3.8, 4) is 11.1 Å². The first-order valence-corrected chi connectivity index (χ1v) is 29.9. The van der Waals surface area contributed by atoms with Crippen LogP contribution in [0.25, 0.3) is 137 Å². The van der Waals surface area contributed by atoms with Crippen LogP contribution in [0.3, 0.4) is 0 Å². The minimum Gasteiger partial charge on any atom is -0.453 e. The first-order valence-electron chi connectivity index (χ1n) is 29.9. The van der Waals surface area contributed by atoms with Crippen LogP contribution in [-0.4, -0.2) is 8.80 Å². The van der Waals surface area contributed by atoms with Gasteiger partial charge in [-0.2, -0.15) is 0 Å². The van der Waals surface area contributed by atoms with E-state index < -0.39 is 0 Å². The number of nitrogens with zero attached hydrogens (tertiary/aromatic N) is 4. The Morgan fingerprint density at radius 2 is 0.805 bits per heavy atom. The number of furan rings is 2. The number of benzene rings is 12. The molecule has 0 atom stereocenters. The molecule has 0 N–H and O–H groups in total. The molecule has 0 saturated heterocycles. The van der Waals surface area contributed by atoms with Gasteiger partial charge in [-0.15, -0.1) is 0 Å². The predicted octanol–water partition coefficient (Wildman–Crippen LogP) is 23.2. The zero-order chi connectivity index (χ0) is 57.8. The van der Waals surface area contributed by atoms with Crippen LogP contribution in [-0.2, 0) is 0 Å². The minimum atomic E-state index is 0.834. The summed E-state index contributed by atoms with van der Waals surface area (Å²) < 4.78 is 19.4. The molecule has 87 heavy (non-hydrogen) atoms. The van der Waals surface area contributed by atoms with Crippen LogP contribution in [0.1, 0.15) is 25.0 Å². The van der Waals surface area contributed by atoms with Gasteiger partial charge in [0.25, 0.3) is 0 Å². The van der Waals surface area contributed by atoms with E-state index in [9.17, 15) is 0 Å². The number of para-hydroxylation sites is 8. The normalized spacial score (nSPS) is 12.3. The maximum absolute atomic E-state index is 7.20. The Labute approximate surface area is 500 Å². The molecule has 0 bridgehead atoms. The Balaban J connectivity index is 0.849. The molecule has 0 spiro atoms. The lowest BCUT2D eigenvalue weighted by Crippen LogP contribution is -2.10. The van der Waals surface area contributed by atoms with Crippen LogP contribution in [0.15, 0.2) is 282 Å². The third-order valence-electron chi connectivity index (χ3n) is 18.4. The van der Waals surface area contributed by atoms with Crippen LogP contribution < -0.4 is 9.80 Å². The molecular weight excluding hydrogens is 1060 g/mol. The monoisotopic (exact) mass is 1110 g/mol. The summed E-state index contributed by atoms with van der Waals surface area (Å²) in [5.74, 6) is 0. The SMILES string of the molecule is C=C/C=C\C(=C(C)C)c1cccc2c1oc1c(N(c3ccccc3)c3cccc4c3c3cccc5c6cc7c(cc6n4c53)c3cccc4c5c(N(c6ccccc6)c6cccc8c6oc6c(-c9ccccc9C)cccc68)cccc5n7c34)cccc12. The Kier molecular flexibility index (Phi) is 10.5. The number of aryl methyl sites for hydroxylation is 1. The van der Waals surface area contributed by atoms with Crippen LogP contribution in [0.4, 0.5) is 34.1 Å². The second-order valence-electron chi connectivity index (χ2n) is 23.3. The smallest absolute Gasteiger partial charge is 0.159 e. The van der Waals surface area contributed by atoms with Gasteiger partial charge in [0.1, 0.15) is 11.2 Å². The average molecular weight is 1120 g/mol. The number of aromatic nitrogens is 2. The highest BCUT2D eigenvalue weighted by molar-refractivity contribution is 6.32. The molecule has 0 aliphatic carbocycles. The largest absolute Gasteiger partial charge is 0.453 e. The van der Waals surface area contributed by atoms with E-state index in [1.54, 1.807) is 0 Å². The van der Waals surface area contributed by atoms with E-state index in [1.165, 1.54) is 81.9 Å². The van der Waals surface area contributed by atoms with Gasteiger partial charge in [0.15, 0.2) is 11.2 Å². The number of anilines is 6. The van der Waals surface area contributed by atoms with Gasteiger partial charge in [0, 0.05) is 87.1 Å². The molecule has 0 unspecified atom stereocenters. The molecule has 0 saturated carbocycles. The van der Waals surface area contributed by atoms with E-state index in [2.05, 4.69) is 295 Å². The molecule has 410 valence electrons. The molecule has 0 amide bonds. The topological polar surface area (TPSA) is 41.6 Å².